The van der Waals surface area contributed by atoms with Crippen molar-refractivity contribution in [2.75, 3.05) is 26.0 Å². The van der Waals surface area contributed by atoms with Gasteiger partial charge in [0, 0.05) is 16.8 Å². The Morgan fingerprint density at radius 3 is 2.42 bits per heavy atom. The van der Waals surface area contributed by atoms with Crippen LogP contribution in [0.15, 0.2) is 47.9 Å². The lowest BCUT2D eigenvalue weighted by atomic mass is 10.2. The molecule has 168 valence electrons. The lowest BCUT2D eigenvalue weighted by Gasteiger charge is -2.04. The third-order valence-corrected chi connectivity index (χ3v) is 6.65. The Kier molecular flexibility index (Phi) is 9.07. The van der Waals surface area contributed by atoms with Gasteiger partial charge in [0.05, 0.1) is 11.1 Å². The maximum absolute atomic E-state index is 12.1. The van der Waals surface area contributed by atoms with Gasteiger partial charge in [0.2, 0.25) is 25.8 Å². The molecular weight excluding hydrogens is 464 g/mol. The number of carbonyl (C=O) groups is 2. The molecule has 2 rings (SSSR count). The van der Waals surface area contributed by atoms with Crippen LogP contribution in [-0.4, -0.2) is 54.5 Å². The maximum atomic E-state index is 12.1. The van der Waals surface area contributed by atoms with E-state index in [2.05, 4.69) is 9.44 Å². The van der Waals surface area contributed by atoms with Crippen molar-refractivity contribution in [2.45, 2.75) is 6.42 Å². The lowest BCUT2D eigenvalue weighted by molar-refractivity contribution is -0.141. The van der Waals surface area contributed by atoms with E-state index in [9.17, 15) is 26.4 Å². The molecule has 0 unspecified atom stereocenters. The van der Waals surface area contributed by atoms with Crippen molar-refractivity contribution in [3.63, 3.8) is 0 Å². The van der Waals surface area contributed by atoms with E-state index in [0.29, 0.717) is 16.9 Å². The van der Waals surface area contributed by atoms with E-state index in [0.717, 1.165) is 16.5 Å². The van der Waals surface area contributed by atoms with Crippen molar-refractivity contribution in [2.24, 2.45) is 0 Å². The topological polar surface area (TPSA) is 136 Å². The molecular formula is C19H22N2O7S3. The first-order valence-electron chi connectivity index (χ1n) is 8.99. The highest BCUT2D eigenvalue weighted by molar-refractivity contribution is 7.92. The van der Waals surface area contributed by atoms with Gasteiger partial charge in [-0.3, -0.25) is 9.59 Å². The standard InChI is InChI=1S/C19H22N2O7S3/c1-30(24,25)20-11-9-16-7-8-18(29-16)17(22)14-28-19(23)13-21-31(26,27)12-10-15-5-3-2-4-6-15/h2-8,10,12,20-21H,9,11,13-14H2,1H3/b12-10+. The number of benzene rings is 1. The van der Waals surface area contributed by atoms with Crippen molar-refractivity contribution in [3.8, 4) is 0 Å². The smallest absolute Gasteiger partial charge is 0.321 e. The summed E-state index contributed by atoms with van der Waals surface area (Å²) in [5, 5.41) is 0.937. The van der Waals surface area contributed by atoms with E-state index < -0.39 is 45.0 Å². The van der Waals surface area contributed by atoms with Crippen LogP contribution in [0.3, 0.4) is 0 Å². The summed E-state index contributed by atoms with van der Waals surface area (Å²) < 4.78 is 55.2. The summed E-state index contributed by atoms with van der Waals surface area (Å²) in [6.07, 6.45) is 2.87. The predicted molar refractivity (Wildman–Crippen MR) is 119 cm³/mol. The molecule has 1 aromatic carbocycles. The summed E-state index contributed by atoms with van der Waals surface area (Å²) in [6, 6.07) is 12.0. The molecule has 0 fully saturated rings. The second-order valence-corrected chi connectivity index (χ2v) is 11.0. The van der Waals surface area contributed by atoms with Gasteiger partial charge in [0.25, 0.3) is 0 Å². The summed E-state index contributed by atoms with van der Waals surface area (Å²) in [5.41, 5.74) is 0.684. The van der Waals surface area contributed by atoms with Crippen LogP contribution in [0, 0.1) is 0 Å². The van der Waals surface area contributed by atoms with Crippen molar-refractivity contribution in [1.82, 2.24) is 9.44 Å². The van der Waals surface area contributed by atoms with E-state index in [1.54, 1.807) is 42.5 Å². The van der Waals surface area contributed by atoms with E-state index in [-0.39, 0.29) is 6.54 Å². The first-order chi connectivity index (χ1) is 14.5. The van der Waals surface area contributed by atoms with E-state index in [1.165, 1.54) is 17.4 Å². The molecule has 0 amide bonds. The van der Waals surface area contributed by atoms with Gasteiger partial charge in [-0.2, -0.15) is 0 Å². The van der Waals surface area contributed by atoms with Gasteiger partial charge in [-0.15, -0.1) is 11.3 Å². The van der Waals surface area contributed by atoms with Crippen LogP contribution in [0.2, 0.25) is 0 Å². The second kappa shape index (κ2) is 11.3. The van der Waals surface area contributed by atoms with E-state index in [4.69, 9.17) is 4.74 Å². The molecule has 0 saturated heterocycles. The van der Waals surface area contributed by atoms with Crippen LogP contribution in [0.4, 0.5) is 0 Å². The Labute approximate surface area is 185 Å². The normalized spacial score (nSPS) is 12.2. The molecule has 12 heteroatoms. The van der Waals surface area contributed by atoms with Crippen LogP contribution >= 0.6 is 11.3 Å². The number of carbonyl (C=O) groups excluding carboxylic acids is 2. The Hall–Kier alpha value is -2.38. The summed E-state index contributed by atoms with van der Waals surface area (Å²) in [6.45, 7) is -0.926. The van der Waals surface area contributed by atoms with Crippen LogP contribution in [0.1, 0.15) is 20.1 Å². The van der Waals surface area contributed by atoms with Gasteiger partial charge in [-0.25, -0.2) is 26.3 Å². The van der Waals surface area contributed by atoms with Crippen molar-refractivity contribution >= 4 is 49.2 Å². The highest BCUT2D eigenvalue weighted by Gasteiger charge is 2.14. The lowest BCUT2D eigenvalue weighted by Crippen LogP contribution is -2.30. The summed E-state index contributed by atoms with van der Waals surface area (Å²) in [7, 11) is -7.12. The molecule has 0 atom stereocenters. The molecule has 0 spiro atoms. The van der Waals surface area contributed by atoms with Gasteiger partial charge in [-0.1, -0.05) is 30.3 Å². The zero-order chi connectivity index (χ0) is 22.9. The molecule has 1 heterocycles. The molecule has 1 aromatic heterocycles. The maximum Gasteiger partial charge on any atom is 0.321 e. The van der Waals surface area contributed by atoms with Crippen LogP contribution in [0.5, 0.6) is 0 Å². The number of esters is 1. The van der Waals surface area contributed by atoms with E-state index >= 15 is 0 Å². The molecule has 0 aliphatic heterocycles. The molecule has 2 N–H and O–H groups in total. The number of sulfonamides is 2. The molecule has 0 radical (unpaired) electrons. The number of hydrogen-bond acceptors (Lipinski definition) is 8. The Morgan fingerprint density at radius 2 is 1.74 bits per heavy atom. The first kappa shape index (κ1) is 24.9. The summed E-state index contributed by atoms with van der Waals surface area (Å²) >= 11 is 1.17. The molecule has 0 aliphatic rings. The molecule has 0 bridgehead atoms. The SMILES string of the molecule is CS(=O)(=O)NCCc1ccc(C(=O)COC(=O)CNS(=O)(=O)/C=C/c2ccccc2)s1. The second-order valence-electron chi connectivity index (χ2n) is 6.35. The Balaban J connectivity index is 1.75. The summed E-state index contributed by atoms with van der Waals surface area (Å²) in [4.78, 5) is 25.0. The zero-order valence-corrected chi connectivity index (χ0v) is 19.1. The molecule has 9 nitrogen and oxygen atoms in total. The monoisotopic (exact) mass is 486 g/mol. The quantitative estimate of drug-likeness (QED) is 0.339. The minimum absolute atomic E-state index is 0.209. The Morgan fingerprint density at radius 1 is 1.03 bits per heavy atom. The Bertz CT molecular complexity index is 1140. The summed E-state index contributed by atoms with van der Waals surface area (Å²) in [5.74, 6) is -1.33. The third-order valence-electron chi connectivity index (χ3n) is 3.69. The third kappa shape index (κ3) is 9.98. The van der Waals surface area contributed by atoms with Gasteiger partial charge < -0.3 is 4.74 Å². The molecule has 2 aromatic rings. The number of thiophene rings is 1. The average molecular weight is 487 g/mol. The largest absolute Gasteiger partial charge is 0.456 e. The van der Waals surface area contributed by atoms with Crippen molar-refractivity contribution in [3.05, 3.63) is 63.2 Å². The number of hydrogen-bond donors (Lipinski definition) is 2. The fourth-order valence-electron chi connectivity index (χ4n) is 2.23. The fourth-order valence-corrected chi connectivity index (χ4v) is 4.39. The first-order valence-corrected chi connectivity index (χ1v) is 13.2. The van der Waals surface area contributed by atoms with E-state index in [1.807, 2.05) is 0 Å². The minimum Gasteiger partial charge on any atom is -0.456 e. The highest BCUT2D eigenvalue weighted by Crippen LogP contribution is 2.17. The van der Waals surface area contributed by atoms with Gasteiger partial charge in [0.1, 0.15) is 6.54 Å². The average Bonchev–Trinajstić information content (AvgIpc) is 3.18. The number of ketones is 1. The number of nitrogens with one attached hydrogen (secondary N) is 2. The van der Waals surface area contributed by atoms with Crippen LogP contribution < -0.4 is 9.44 Å². The predicted octanol–water partition coefficient (Wildman–Crippen LogP) is 1.16. The number of Topliss-reactive ketones (excluding diaryl/α,β-unsaturated/α-hetero) is 1. The van der Waals surface area contributed by atoms with Gasteiger partial charge >= 0.3 is 5.97 Å². The van der Waals surface area contributed by atoms with Crippen LogP contribution in [-0.2, 0) is 36.0 Å². The zero-order valence-electron chi connectivity index (χ0n) is 16.6. The highest BCUT2D eigenvalue weighted by atomic mass is 32.2. The molecule has 0 saturated carbocycles. The molecule has 31 heavy (non-hydrogen) atoms. The number of rotatable bonds is 12. The number of ether oxygens (including phenoxy) is 1. The van der Waals surface area contributed by atoms with Crippen molar-refractivity contribution in [1.29, 1.82) is 0 Å². The van der Waals surface area contributed by atoms with Crippen molar-refractivity contribution < 1.29 is 31.2 Å². The van der Waals surface area contributed by atoms with Gasteiger partial charge in [0.15, 0.2) is 6.61 Å². The minimum atomic E-state index is -3.84. The van der Waals surface area contributed by atoms with Crippen LogP contribution in [0.25, 0.3) is 6.08 Å². The fraction of sp³-hybridized carbons (Fsp3) is 0.263. The van der Waals surface area contributed by atoms with Gasteiger partial charge in [-0.05, 0) is 30.2 Å². The molecule has 0 aliphatic carbocycles.